The first-order valence-electron chi connectivity index (χ1n) is 6.17. The van der Waals surface area contributed by atoms with Gasteiger partial charge in [-0.15, -0.1) is 0 Å². The summed E-state index contributed by atoms with van der Waals surface area (Å²) in [5.41, 5.74) is 0.131. The van der Waals surface area contributed by atoms with E-state index in [4.69, 9.17) is 16.7 Å². The zero-order valence-corrected chi connectivity index (χ0v) is 12.4. The van der Waals surface area contributed by atoms with Gasteiger partial charge in [-0.3, -0.25) is 4.79 Å². The predicted molar refractivity (Wildman–Crippen MR) is 79.5 cm³/mol. The standard InChI is InChI=1S/C15H18ClNO3/c1-15(2,3)13(14(19)20)17-12(18)9-8-10-6-4-5-7-11(10)16/h4-9,13H,1-3H3,(H,17,18)(H,19,20)/b9-8+. The molecule has 2 N–H and O–H groups in total. The van der Waals surface area contributed by atoms with E-state index in [1.807, 2.05) is 0 Å². The van der Waals surface area contributed by atoms with Gasteiger partial charge < -0.3 is 10.4 Å². The second kappa shape index (κ2) is 6.57. The van der Waals surface area contributed by atoms with E-state index in [1.54, 1.807) is 51.1 Å². The molecule has 0 aliphatic carbocycles. The molecule has 1 aromatic carbocycles. The highest BCUT2D eigenvalue weighted by Crippen LogP contribution is 2.20. The molecule has 4 nitrogen and oxygen atoms in total. The normalized spacial score (nSPS) is 13.2. The highest BCUT2D eigenvalue weighted by Gasteiger charge is 2.31. The van der Waals surface area contributed by atoms with Crippen molar-refractivity contribution in [3.63, 3.8) is 0 Å². The minimum atomic E-state index is -1.06. The molecule has 1 unspecified atom stereocenters. The molecule has 108 valence electrons. The highest BCUT2D eigenvalue weighted by atomic mass is 35.5. The van der Waals surface area contributed by atoms with Crippen LogP contribution in [-0.2, 0) is 9.59 Å². The van der Waals surface area contributed by atoms with Gasteiger partial charge in [0.05, 0.1) is 0 Å². The lowest BCUT2D eigenvalue weighted by molar-refractivity contribution is -0.144. The zero-order chi connectivity index (χ0) is 15.3. The van der Waals surface area contributed by atoms with Gasteiger partial charge in [0.25, 0.3) is 0 Å². The second-order valence-corrected chi connectivity index (χ2v) is 5.91. The van der Waals surface area contributed by atoms with E-state index >= 15 is 0 Å². The molecule has 1 atom stereocenters. The van der Waals surface area contributed by atoms with Gasteiger partial charge in [0.15, 0.2) is 0 Å². The Labute approximate surface area is 123 Å². The molecule has 1 aromatic rings. The van der Waals surface area contributed by atoms with Crippen LogP contribution in [0.4, 0.5) is 0 Å². The van der Waals surface area contributed by atoms with Crippen molar-refractivity contribution in [3.8, 4) is 0 Å². The SMILES string of the molecule is CC(C)(C)C(NC(=O)/C=C/c1ccccc1Cl)C(=O)O. The first-order valence-corrected chi connectivity index (χ1v) is 6.55. The third-order valence-electron chi connectivity index (χ3n) is 2.72. The van der Waals surface area contributed by atoms with Gasteiger partial charge in [-0.1, -0.05) is 50.6 Å². The summed E-state index contributed by atoms with van der Waals surface area (Å²) in [5.74, 6) is -1.52. The molecule has 5 heteroatoms. The quantitative estimate of drug-likeness (QED) is 0.839. The zero-order valence-electron chi connectivity index (χ0n) is 11.7. The maximum absolute atomic E-state index is 11.8. The van der Waals surface area contributed by atoms with E-state index in [2.05, 4.69) is 5.32 Å². The van der Waals surface area contributed by atoms with Gasteiger partial charge in [-0.2, -0.15) is 0 Å². The lowest BCUT2D eigenvalue weighted by atomic mass is 9.87. The van der Waals surface area contributed by atoms with Crippen LogP contribution in [0, 0.1) is 5.41 Å². The summed E-state index contributed by atoms with van der Waals surface area (Å²) < 4.78 is 0. The third-order valence-corrected chi connectivity index (χ3v) is 3.06. The summed E-state index contributed by atoms with van der Waals surface area (Å²) in [6.07, 6.45) is 2.84. The van der Waals surface area contributed by atoms with Crippen molar-refractivity contribution in [1.82, 2.24) is 5.32 Å². The monoisotopic (exact) mass is 295 g/mol. The van der Waals surface area contributed by atoms with Crippen LogP contribution in [0.1, 0.15) is 26.3 Å². The molecule has 0 aliphatic heterocycles. The van der Waals surface area contributed by atoms with Crippen LogP contribution >= 0.6 is 11.6 Å². The summed E-state index contributed by atoms with van der Waals surface area (Å²) in [6.45, 7) is 5.26. The number of carboxylic acids is 1. The topological polar surface area (TPSA) is 66.4 Å². The van der Waals surface area contributed by atoms with E-state index in [1.165, 1.54) is 6.08 Å². The number of nitrogens with one attached hydrogen (secondary N) is 1. The molecule has 0 radical (unpaired) electrons. The molecular formula is C15H18ClNO3. The van der Waals surface area contributed by atoms with Crippen LogP contribution < -0.4 is 5.32 Å². The first-order chi connectivity index (χ1) is 9.21. The number of carbonyl (C=O) groups is 2. The second-order valence-electron chi connectivity index (χ2n) is 5.50. The number of amides is 1. The number of halogens is 1. The van der Waals surface area contributed by atoms with Crippen LogP contribution in [0.15, 0.2) is 30.3 Å². The van der Waals surface area contributed by atoms with Crippen LogP contribution in [0.5, 0.6) is 0 Å². The van der Waals surface area contributed by atoms with Crippen molar-refractivity contribution < 1.29 is 14.7 Å². The lowest BCUT2D eigenvalue weighted by Crippen LogP contribution is -2.48. The largest absolute Gasteiger partial charge is 0.480 e. The molecular weight excluding hydrogens is 278 g/mol. The number of rotatable bonds is 4. The van der Waals surface area contributed by atoms with E-state index < -0.39 is 23.3 Å². The van der Waals surface area contributed by atoms with Crippen LogP contribution in [0.3, 0.4) is 0 Å². The number of hydrogen-bond acceptors (Lipinski definition) is 2. The Morgan fingerprint density at radius 3 is 2.40 bits per heavy atom. The van der Waals surface area contributed by atoms with E-state index in [0.717, 1.165) is 0 Å². The Hall–Kier alpha value is -1.81. The smallest absolute Gasteiger partial charge is 0.326 e. The van der Waals surface area contributed by atoms with Gasteiger partial charge in [-0.25, -0.2) is 4.79 Å². The van der Waals surface area contributed by atoms with E-state index in [-0.39, 0.29) is 0 Å². The van der Waals surface area contributed by atoms with Gasteiger partial charge in [0.1, 0.15) is 6.04 Å². The van der Waals surface area contributed by atoms with Gasteiger partial charge in [-0.05, 0) is 23.1 Å². The Kier molecular flexibility index (Phi) is 5.34. The average Bonchev–Trinajstić information content (AvgIpc) is 2.33. The van der Waals surface area contributed by atoms with Crippen molar-refractivity contribution in [1.29, 1.82) is 0 Å². The van der Waals surface area contributed by atoms with Gasteiger partial charge >= 0.3 is 5.97 Å². The fourth-order valence-corrected chi connectivity index (χ4v) is 1.81. The lowest BCUT2D eigenvalue weighted by Gasteiger charge is -2.27. The third kappa shape index (κ3) is 4.70. The molecule has 0 fully saturated rings. The first kappa shape index (κ1) is 16.2. The van der Waals surface area contributed by atoms with Crippen molar-refractivity contribution in [2.24, 2.45) is 5.41 Å². The number of hydrogen-bond donors (Lipinski definition) is 2. The summed E-state index contributed by atoms with van der Waals surface area (Å²) in [5, 5.41) is 12.1. The molecule has 0 aliphatic rings. The van der Waals surface area contributed by atoms with E-state index in [9.17, 15) is 9.59 Å². The van der Waals surface area contributed by atoms with Crippen LogP contribution in [0.2, 0.25) is 5.02 Å². The molecule has 0 heterocycles. The fraction of sp³-hybridized carbons (Fsp3) is 0.333. The minimum absolute atomic E-state index is 0.466. The van der Waals surface area contributed by atoms with Crippen LogP contribution in [-0.4, -0.2) is 23.0 Å². The number of carboxylic acid groups (broad SMARTS) is 1. The Morgan fingerprint density at radius 2 is 1.90 bits per heavy atom. The molecule has 0 saturated carbocycles. The number of aliphatic carboxylic acids is 1. The average molecular weight is 296 g/mol. The molecule has 0 spiro atoms. The summed E-state index contributed by atoms with van der Waals surface area (Å²) in [6, 6.07) is 6.13. The summed E-state index contributed by atoms with van der Waals surface area (Å²) >= 11 is 5.96. The van der Waals surface area contributed by atoms with Gasteiger partial charge in [0.2, 0.25) is 5.91 Å². The molecule has 20 heavy (non-hydrogen) atoms. The van der Waals surface area contributed by atoms with Crippen molar-refractivity contribution in [2.75, 3.05) is 0 Å². The number of carbonyl (C=O) groups excluding carboxylic acids is 1. The highest BCUT2D eigenvalue weighted by molar-refractivity contribution is 6.32. The van der Waals surface area contributed by atoms with Crippen molar-refractivity contribution in [2.45, 2.75) is 26.8 Å². The molecule has 1 amide bonds. The van der Waals surface area contributed by atoms with Crippen molar-refractivity contribution >= 4 is 29.6 Å². The molecule has 0 saturated heterocycles. The molecule has 0 aromatic heterocycles. The fourth-order valence-electron chi connectivity index (χ4n) is 1.61. The molecule has 0 bridgehead atoms. The minimum Gasteiger partial charge on any atom is -0.480 e. The number of benzene rings is 1. The maximum atomic E-state index is 11.8. The molecule has 1 rings (SSSR count). The summed E-state index contributed by atoms with van der Waals surface area (Å²) in [7, 11) is 0. The van der Waals surface area contributed by atoms with Crippen LogP contribution in [0.25, 0.3) is 6.08 Å². The maximum Gasteiger partial charge on any atom is 0.326 e. The Bertz CT molecular complexity index is 532. The van der Waals surface area contributed by atoms with Gasteiger partial charge in [0, 0.05) is 11.1 Å². The Morgan fingerprint density at radius 1 is 1.30 bits per heavy atom. The predicted octanol–water partition coefficient (Wildman–Crippen LogP) is 2.97. The van der Waals surface area contributed by atoms with Crippen molar-refractivity contribution in [3.05, 3.63) is 40.9 Å². The summed E-state index contributed by atoms with van der Waals surface area (Å²) in [4.78, 5) is 22.9. The Balaban J connectivity index is 2.77. The van der Waals surface area contributed by atoms with E-state index in [0.29, 0.717) is 10.6 Å².